The van der Waals surface area contributed by atoms with E-state index in [2.05, 4.69) is 56.7 Å². The molecule has 0 atom stereocenters. The molecule has 1 aromatic carbocycles. The van der Waals surface area contributed by atoms with E-state index in [0.29, 0.717) is 10.6 Å². The summed E-state index contributed by atoms with van der Waals surface area (Å²) in [5.74, 6) is 0.354. The van der Waals surface area contributed by atoms with Gasteiger partial charge in [0.25, 0.3) is 0 Å². The van der Waals surface area contributed by atoms with Gasteiger partial charge < -0.3 is 4.98 Å². The highest BCUT2D eigenvalue weighted by Crippen LogP contribution is 2.32. The predicted octanol–water partition coefficient (Wildman–Crippen LogP) is 4.85. The van der Waals surface area contributed by atoms with E-state index in [4.69, 9.17) is 12.2 Å². The fourth-order valence-corrected chi connectivity index (χ4v) is 3.12. The van der Waals surface area contributed by atoms with Gasteiger partial charge in [-0.15, -0.1) is 0 Å². The van der Waals surface area contributed by atoms with Crippen LogP contribution in [-0.2, 0) is 0 Å². The van der Waals surface area contributed by atoms with Crippen molar-refractivity contribution in [3.63, 3.8) is 0 Å². The molecule has 2 nitrogen and oxygen atoms in total. The Morgan fingerprint density at radius 3 is 2.21 bits per heavy atom. The van der Waals surface area contributed by atoms with Crippen molar-refractivity contribution in [3.05, 3.63) is 45.4 Å². The maximum atomic E-state index is 5.40. The molecule has 2 aromatic rings. The Hall–Kier alpha value is -1.48. The zero-order valence-corrected chi connectivity index (χ0v) is 13.0. The molecular weight excluding hydrogens is 252 g/mol. The summed E-state index contributed by atoms with van der Waals surface area (Å²) in [7, 11) is 0. The second kappa shape index (κ2) is 5.25. The highest BCUT2D eigenvalue weighted by atomic mass is 32.1. The zero-order valence-electron chi connectivity index (χ0n) is 12.2. The number of rotatable bonds is 2. The van der Waals surface area contributed by atoms with Gasteiger partial charge in [0.15, 0.2) is 0 Å². The van der Waals surface area contributed by atoms with Crippen molar-refractivity contribution in [1.82, 2.24) is 9.97 Å². The number of hydrogen-bond acceptors (Lipinski definition) is 2. The first-order valence-corrected chi connectivity index (χ1v) is 6.98. The molecule has 0 fully saturated rings. The average molecular weight is 272 g/mol. The Morgan fingerprint density at radius 2 is 1.68 bits per heavy atom. The first-order valence-electron chi connectivity index (χ1n) is 6.57. The van der Waals surface area contributed by atoms with E-state index in [1.807, 2.05) is 0 Å². The first-order chi connectivity index (χ1) is 8.91. The van der Waals surface area contributed by atoms with Crippen LogP contribution in [0.4, 0.5) is 0 Å². The lowest BCUT2D eigenvalue weighted by Crippen LogP contribution is -2.01. The van der Waals surface area contributed by atoms with Gasteiger partial charge in [0.05, 0.1) is 12.0 Å². The standard InChI is InChI=1S/C16H20N2S/c1-9(2)13-15(17-8-18-16(13)19)14-11(4)6-10(3)7-12(14)5/h6-9H,1-5H3,(H,17,18,19). The van der Waals surface area contributed by atoms with Crippen LogP contribution in [0.3, 0.4) is 0 Å². The minimum absolute atomic E-state index is 0.354. The smallest absolute Gasteiger partial charge is 0.133 e. The second-order valence-corrected chi connectivity index (χ2v) is 5.81. The number of aromatic amines is 1. The third-order valence-electron chi connectivity index (χ3n) is 3.39. The molecule has 0 aliphatic heterocycles. The lowest BCUT2D eigenvalue weighted by Gasteiger charge is -2.17. The molecule has 0 saturated carbocycles. The van der Waals surface area contributed by atoms with E-state index >= 15 is 0 Å². The Labute approximate surface area is 119 Å². The van der Waals surface area contributed by atoms with E-state index in [9.17, 15) is 0 Å². The summed E-state index contributed by atoms with van der Waals surface area (Å²) in [4.78, 5) is 7.52. The van der Waals surface area contributed by atoms with Crippen molar-refractivity contribution in [3.8, 4) is 11.3 Å². The highest BCUT2D eigenvalue weighted by Gasteiger charge is 2.15. The van der Waals surface area contributed by atoms with E-state index < -0.39 is 0 Å². The number of nitrogens with zero attached hydrogens (tertiary/aromatic N) is 1. The van der Waals surface area contributed by atoms with Crippen molar-refractivity contribution in [1.29, 1.82) is 0 Å². The van der Waals surface area contributed by atoms with Crippen LogP contribution in [0.25, 0.3) is 11.3 Å². The van der Waals surface area contributed by atoms with Crippen LogP contribution >= 0.6 is 12.2 Å². The molecule has 0 amide bonds. The molecule has 0 aliphatic rings. The van der Waals surface area contributed by atoms with E-state index in [1.54, 1.807) is 6.33 Å². The summed E-state index contributed by atoms with van der Waals surface area (Å²) in [6.07, 6.45) is 1.70. The van der Waals surface area contributed by atoms with Crippen molar-refractivity contribution < 1.29 is 0 Å². The minimum atomic E-state index is 0.354. The van der Waals surface area contributed by atoms with Crippen molar-refractivity contribution >= 4 is 12.2 Å². The van der Waals surface area contributed by atoms with Gasteiger partial charge in [0, 0.05) is 11.1 Å². The van der Waals surface area contributed by atoms with Crippen LogP contribution < -0.4 is 0 Å². The number of nitrogens with one attached hydrogen (secondary N) is 1. The fourth-order valence-electron chi connectivity index (χ4n) is 2.73. The molecule has 0 saturated heterocycles. The third-order valence-corrected chi connectivity index (χ3v) is 3.72. The molecular formula is C16H20N2S. The van der Waals surface area contributed by atoms with Gasteiger partial charge >= 0.3 is 0 Å². The van der Waals surface area contributed by atoms with Gasteiger partial charge in [-0.2, -0.15) is 0 Å². The Kier molecular flexibility index (Phi) is 3.85. The number of benzene rings is 1. The number of H-pyrrole nitrogens is 1. The monoisotopic (exact) mass is 272 g/mol. The van der Waals surface area contributed by atoms with Gasteiger partial charge in [0.1, 0.15) is 4.64 Å². The molecule has 3 heteroatoms. The summed E-state index contributed by atoms with van der Waals surface area (Å²) in [5, 5.41) is 0. The molecule has 1 N–H and O–H groups in total. The van der Waals surface area contributed by atoms with Gasteiger partial charge in [-0.3, -0.25) is 0 Å². The van der Waals surface area contributed by atoms with E-state index in [0.717, 1.165) is 11.3 Å². The topological polar surface area (TPSA) is 28.7 Å². The molecule has 1 heterocycles. The van der Waals surface area contributed by atoms with Gasteiger partial charge in [0.2, 0.25) is 0 Å². The summed E-state index contributed by atoms with van der Waals surface area (Å²) >= 11 is 5.40. The summed E-state index contributed by atoms with van der Waals surface area (Å²) in [5.41, 5.74) is 7.34. The molecule has 19 heavy (non-hydrogen) atoms. The van der Waals surface area contributed by atoms with Crippen LogP contribution in [0.5, 0.6) is 0 Å². The lowest BCUT2D eigenvalue weighted by atomic mass is 9.92. The molecule has 1 aromatic heterocycles. The third kappa shape index (κ3) is 2.61. The Morgan fingerprint density at radius 1 is 1.11 bits per heavy atom. The van der Waals surface area contributed by atoms with Crippen molar-refractivity contribution in [2.24, 2.45) is 0 Å². The maximum absolute atomic E-state index is 5.40. The average Bonchev–Trinajstić information content (AvgIpc) is 2.26. The van der Waals surface area contributed by atoms with Gasteiger partial charge in [-0.05, 0) is 37.8 Å². The van der Waals surface area contributed by atoms with Gasteiger partial charge in [-0.25, -0.2) is 4.98 Å². The zero-order chi connectivity index (χ0) is 14.2. The van der Waals surface area contributed by atoms with Gasteiger partial charge in [-0.1, -0.05) is 43.8 Å². The fraction of sp³-hybridized carbons (Fsp3) is 0.375. The van der Waals surface area contributed by atoms with Crippen molar-refractivity contribution in [2.45, 2.75) is 40.5 Å². The molecule has 0 radical (unpaired) electrons. The molecule has 2 rings (SSSR count). The maximum Gasteiger partial charge on any atom is 0.133 e. The SMILES string of the molecule is Cc1cc(C)c(-c2[nH]cnc(=S)c2C(C)C)c(C)c1. The molecule has 0 aliphatic carbocycles. The van der Waals surface area contributed by atoms with Crippen LogP contribution in [0.2, 0.25) is 0 Å². The number of aryl methyl sites for hydroxylation is 3. The second-order valence-electron chi connectivity index (χ2n) is 5.42. The normalized spacial score (nSPS) is 11.1. The molecule has 0 spiro atoms. The van der Waals surface area contributed by atoms with Crippen LogP contribution in [0, 0.1) is 25.4 Å². The largest absolute Gasteiger partial charge is 0.346 e. The molecule has 0 bridgehead atoms. The molecule has 100 valence electrons. The van der Waals surface area contributed by atoms with Crippen LogP contribution in [-0.4, -0.2) is 9.97 Å². The number of aromatic nitrogens is 2. The van der Waals surface area contributed by atoms with Crippen LogP contribution in [0.15, 0.2) is 18.5 Å². The van der Waals surface area contributed by atoms with Crippen molar-refractivity contribution in [2.75, 3.05) is 0 Å². The first kappa shape index (κ1) is 13.9. The van der Waals surface area contributed by atoms with Crippen LogP contribution in [0.1, 0.15) is 42.0 Å². The summed E-state index contributed by atoms with van der Waals surface area (Å²) in [6.45, 7) is 10.7. The number of hydrogen-bond donors (Lipinski definition) is 1. The van der Waals surface area contributed by atoms with E-state index in [1.165, 1.54) is 22.3 Å². The summed E-state index contributed by atoms with van der Waals surface area (Å²) < 4.78 is 0.697. The minimum Gasteiger partial charge on any atom is -0.346 e. The Balaban J connectivity index is 2.80. The highest BCUT2D eigenvalue weighted by molar-refractivity contribution is 7.71. The Bertz CT molecular complexity index is 646. The van der Waals surface area contributed by atoms with E-state index in [-0.39, 0.29) is 0 Å². The lowest BCUT2D eigenvalue weighted by molar-refractivity contribution is 0.843. The quantitative estimate of drug-likeness (QED) is 0.791. The summed E-state index contributed by atoms with van der Waals surface area (Å²) in [6, 6.07) is 4.42. The molecule has 0 unspecified atom stereocenters. The predicted molar refractivity (Wildman–Crippen MR) is 83.2 cm³/mol.